The van der Waals surface area contributed by atoms with E-state index in [9.17, 15) is 9.59 Å². The average Bonchev–Trinajstić information content (AvgIpc) is 2.45. The van der Waals surface area contributed by atoms with Gasteiger partial charge in [-0.2, -0.15) is 0 Å². The van der Waals surface area contributed by atoms with Gasteiger partial charge in [0.1, 0.15) is 5.75 Å². The molecule has 0 aliphatic rings. The molecular weight excluding hydrogens is 286 g/mol. The van der Waals surface area contributed by atoms with E-state index in [1.54, 1.807) is 14.0 Å². The number of rotatable bonds is 9. The molecule has 0 aromatic heterocycles. The Morgan fingerprint density at radius 3 is 2.55 bits per heavy atom. The van der Waals surface area contributed by atoms with Crippen molar-refractivity contribution in [3.8, 4) is 5.75 Å². The molecule has 0 radical (unpaired) electrons. The normalized spacial score (nSPS) is 11.8. The molecule has 1 aromatic carbocycles. The molecule has 2 N–H and O–H groups in total. The maximum Gasteiger partial charge on any atom is 0.308 e. The van der Waals surface area contributed by atoms with E-state index >= 15 is 0 Å². The Hall–Kier alpha value is -2.24. The smallest absolute Gasteiger partial charge is 0.308 e. The molecule has 1 unspecified atom stereocenters. The van der Waals surface area contributed by atoms with Crippen LogP contribution in [0, 0.1) is 12.8 Å². The minimum atomic E-state index is -0.880. The first-order valence-corrected chi connectivity index (χ1v) is 7.19. The Balaban J connectivity index is 2.99. The van der Waals surface area contributed by atoms with Crippen LogP contribution < -0.4 is 9.64 Å². The van der Waals surface area contributed by atoms with Crippen molar-refractivity contribution in [1.29, 1.82) is 0 Å². The number of aliphatic carboxylic acids is 2. The maximum atomic E-state index is 11.1. The summed E-state index contributed by atoms with van der Waals surface area (Å²) in [7, 11) is 1.56. The first-order chi connectivity index (χ1) is 10.3. The number of ether oxygens (including phenoxy) is 1. The molecule has 22 heavy (non-hydrogen) atoms. The van der Waals surface area contributed by atoms with Gasteiger partial charge in [0.2, 0.25) is 0 Å². The maximum absolute atomic E-state index is 11.1. The third-order valence-electron chi connectivity index (χ3n) is 3.41. The summed E-state index contributed by atoms with van der Waals surface area (Å²) in [5, 5.41) is 17.9. The van der Waals surface area contributed by atoms with Gasteiger partial charge in [0.05, 0.1) is 18.7 Å². The van der Waals surface area contributed by atoms with Gasteiger partial charge < -0.3 is 19.8 Å². The van der Waals surface area contributed by atoms with Crippen LogP contribution in [0.3, 0.4) is 0 Å². The number of carboxylic acid groups (broad SMARTS) is 2. The number of anilines is 1. The minimum Gasteiger partial charge on any atom is -0.495 e. The van der Waals surface area contributed by atoms with E-state index in [0.29, 0.717) is 25.3 Å². The number of carbonyl (C=O) groups is 2. The molecule has 0 bridgehead atoms. The van der Waals surface area contributed by atoms with Crippen LogP contribution >= 0.6 is 0 Å². The molecule has 1 atom stereocenters. The van der Waals surface area contributed by atoms with E-state index in [1.807, 2.05) is 30.0 Å². The first-order valence-electron chi connectivity index (χ1n) is 7.19. The largest absolute Gasteiger partial charge is 0.495 e. The lowest BCUT2D eigenvalue weighted by Gasteiger charge is -2.28. The number of aryl methyl sites for hydroxylation is 1. The van der Waals surface area contributed by atoms with E-state index < -0.39 is 17.9 Å². The van der Waals surface area contributed by atoms with Crippen molar-refractivity contribution in [3.63, 3.8) is 0 Å². The van der Waals surface area contributed by atoms with E-state index in [-0.39, 0.29) is 6.42 Å². The SMILES string of the molecule is COc1ccc(C)cc1N(CCCC(=O)O)CC(C)C(=O)O. The van der Waals surface area contributed by atoms with Crippen LogP contribution in [0.1, 0.15) is 25.3 Å². The molecule has 0 saturated heterocycles. The summed E-state index contributed by atoms with van der Waals surface area (Å²) >= 11 is 0. The summed E-state index contributed by atoms with van der Waals surface area (Å²) in [5.41, 5.74) is 1.82. The van der Waals surface area contributed by atoms with Gasteiger partial charge in [-0.05, 0) is 31.0 Å². The van der Waals surface area contributed by atoms with Crippen molar-refractivity contribution >= 4 is 17.6 Å². The van der Waals surface area contributed by atoms with Crippen molar-refractivity contribution in [2.75, 3.05) is 25.1 Å². The summed E-state index contributed by atoms with van der Waals surface area (Å²) in [6, 6.07) is 5.67. The zero-order valence-electron chi connectivity index (χ0n) is 13.2. The van der Waals surface area contributed by atoms with Gasteiger partial charge in [-0.15, -0.1) is 0 Å². The van der Waals surface area contributed by atoms with Crippen molar-refractivity contribution in [3.05, 3.63) is 23.8 Å². The topological polar surface area (TPSA) is 87.1 Å². The predicted octanol–water partition coefficient (Wildman–Crippen LogP) is 2.40. The van der Waals surface area contributed by atoms with Gasteiger partial charge in [-0.25, -0.2) is 0 Å². The fraction of sp³-hybridized carbons (Fsp3) is 0.500. The molecule has 0 spiro atoms. The molecule has 122 valence electrons. The monoisotopic (exact) mass is 309 g/mol. The minimum absolute atomic E-state index is 0.0477. The highest BCUT2D eigenvalue weighted by Crippen LogP contribution is 2.30. The lowest BCUT2D eigenvalue weighted by Crippen LogP contribution is -2.33. The van der Waals surface area contributed by atoms with Crippen LogP contribution in [-0.4, -0.2) is 42.4 Å². The summed E-state index contributed by atoms with van der Waals surface area (Å²) < 4.78 is 5.35. The van der Waals surface area contributed by atoms with Gasteiger partial charge in [0.15, 0.2) is 0 Å². The second-order valence-electron chi connectivity index (χ2n) is 5.36. The zero-order chi connectivity index (χ0) is 16.7. The summed E-state index contributed by atoms with van der Waals surface area (Å²) in [4.78, 5) is 23.7. The fourth-order valence-corrected chi connectivity index (χ4v) is 2.19. The van der Waals surface area contributed by atoms with Crippen LogP contribution in [0.25, 0.3) is 0 Å². The van der Waals surface area contributed by atoms with Gasteiger partial charge in [0.25, 0.3) is 0 Å². The molecule has 0 saturated carbocycles. The van der Waals surface area contributed by atoms with Gasteiger partial charge >= 0.3 is 11.9 Å². The van der Waals surface area contributed by atoms with E-state index in [0.717, 1.165) is 11.3 Å². The van der Waals surface area contributed by atoms with Crippen molar-refractivity contribution in [1.82, 2.24) is 0 Å². The predicted molar refractivity (Wildman–Crippen MR) is 83.6 cm³/mol. The molecule has 1 aromatic rings. The Labute approximate surface area is 130 Å². The highest BCUT2D eigenvalue weighted by molar-refractivity contribution is 5.71. The molecule has 0 aliphatic heterocycles. The second-order valence-corrected chi connectivity index (χ2v) is 5.36. The van der Waals surface area contributed by atoms with Crippen LogP contribution in [0.2, 0.25) is 0 Å². The summed E-state index contributed by atoms with van der Waals surface area (Å²) in [6.45, 7) is 4.34. The standard InChI is InChI=1S/C16H23NO5/c1-11-6-7-14(22-3)13(9-11)17(8-4-5-15(18)19)10-12(2)16(20)21/h6-7,9,12H,4-5,8,10H2,1-3H3,(H,18,19)(H,20,21). The molecule has 6 nitrogen and oxygen atoms in total. The molecule has 1 rings (SSSR count). The Morgan fingerprint density at radius 1 is 1.32 bits per heavy atom. The molecule has 0 amide bonds. The quantitative estimate of drug-likeness (QED) is 0.728. The van der Waals surface area contributed by atoms with Crippen LogP contribution in [-0.2, 0) is 9.59 Å². The van der Waals surface area contributed by atoms with Crippen LogP contribution in [0.15, 0.2) is 18.2 Å². The summed E-state index contributed by atoms with van der Waals surface area (Å²) in [5.74, 6) is -1.65. The highest BCUT2D eigenvalue weighted by atomic mass is 16.5. The number of hydrogen-bond donors (Lipinski definition) is 2. The van der Waals surface area contributed by atoms with Crippen LogP contribution in [0.4, 0.5) is 5.69 Å². The number of hydrogen-bond acceptors (Lipinski definition) is 4. The Bertz CT molecular complexity index is 529. The number of methoxy groups -OCH3 is 1. The van der Waals surface area contributed by atoms with Crippen molar-refractivity contribution in [2.24, 2.45) is 5.92 Å². The number of carboxylic acids is 2. The Morgan fingerprint density at radius 2 is 2.00 bits per heavy atom. The van der Waals surface area contributed by atoms with E-state index in [4.69, 9.17) is 14.9 Å². The molecular formula is C16H23NO5. The lowest BCUT2D eigenvalue weighted by atomic mass is 10.1. The zero-order valence-corrected chi connectivity index (χ0v) is 13.2. The molecule has 0 fully saturated rings. The van der Waals surface area contributed by atoms with Crippen molar-refractivity contribution < 1.29 is 24.5 Å². The van der Waals surface area contributed by atoms with E-state index in [1.165, 1.54) is 0 Å². The average molecular weight is 309 g/mol. The highest BCUT2D eigenvalue weighted by Gasteiger charge is 2.19. The molecule has 0 heterocycles. The summed E-state index contributed by atoms with van der Waals surface area (Å²) in [6.07, 6.45) is 0.491. The molecule has 0 aliphatic carbocycles. The van der Waals surface area contributed by atoms with Gasteiger partial charge in [-0.3, -0.25) is 9.59 Å². The van der Waals surface area contributed by atoms with Crippen molar-refractivity contribution in [2.45, 2.75) is 26.7 Å². The lowest BCUT2D eigenvalue weighted by molar-refractivity contribution is -0.141. The van der Waals surface area contributed by atoms with Gasteiger partial charge in [-0.1, -0.05) is 13.0 Å². The third-order valence-corrected chi connectivity index (χ3v) is 3.41. The fourth-order valence-electron chi connectivity index (χ4n) is 2.19. The van der Waals surface area contributed by atoms with E-state index in [2.05, 4.69) is 0 Å². The number of nitrogens with zero attached hydrogens (tertiary/aromatic N) is 1. The second kappa shape index (κ2) is 8.26. The van der Waals surface area contributed by atoms with Crippen LogP contribution in [0.5, 0.6) is 5.75 Å². The number of benzene rings is 1. The first kappa shape index (κ1) is 17.8. The Kier molecular flexibility index (Phi) is 6.69. The third kappa shape index (κ3) is 5.27. The van der Waals surface area contributed by atoms with Gasteiger partial charge in [0, 0.05) is 19.5 Å². The molecule has 6 heteroatoms.